The number of alkyl halides is 2. The predicted octanol–water partition coefficient (Wildman–Crippen LogP) is 2.41. The summed E-state index contributed by atoms with van der Waals surface area (Å²) in [5.41, 5.74) is 0.900. The van der Waals surface area contributed by atoms with Gasteiger partial charge in [-0.25, -0.2) is 31.4 Å². The first-order valence-electron chi connectivity index (χ1n) is 11.4. The number of halogens is 2. The van der Waals surface area contributed by atoms with Gasteiger partial charge in [0.05, 0.1) is 32.0 Å². The Morgan fingerprint density at radius 3 is 2.81 bits per heavy atom. The molecule has 2 saturated heterocycles. The van der Waals surface area contributed by atoms with Gasteiger partial charge < -0.3 is 9.64 Å². The highest BCUT2D eigenvalue weighted by Gasteiger charge is 2.52. The summed E-state index contributed by atoms with van der Waals surface area (Å²) in [7, 11) is -2.05. The van der Waals surface area contributed by atoms with Crippen LogP contribution in [0.1, 0.15) is 31.2 Å². The fourth-order valence-corrected chi connectivity index (χ4v) is 6.90. The second-order valence-corrected chi connectivity index (χ2v) is 12.7. The maximum Gasteiger partial charge on any atom is 0.516 e. The minimum atomic E-state index is -3.89. The number of sulfonamides is 1. The molecule has 1 saturated carbocycles. The van der Waals surface area contributed by atoms with Gasteiger partial charge in [-0.3, -0.25) is 4.40 Å². The molecular weight excluding hydrogens is 516 g/mol. The third-order valence-corrected chi connectivity index (χ3v) is 9.89. The molecule has 15 heteroatoms. The number of carbonyl (C=O) groups excluding carboxylic acids is 1. The molecule has 2 atom stereocenters. The first-order chi connectivity index (χ1) is 17.0. The second-order valence-electron chi connectivity index (χ2n) is 9.98. The molecule has 2 aliphatic heterocycles. The topological polar surface area (TPSA) is 119 Å². The molecule has 0 aromatic carbocycles. The zero-order chi connectivity index (χ0) is 25.5. The van der Waals surface area contributed by atoms with E-state index in [0.717, 1.165) is 24.2 Å². The summed E-state index contributed by atoms with van der Waals surface area (Å²) in [6.45, 7) is 3.55. The molecule has 192 valence electrons. The van der Waals surface area contributed by atoms with Crippen molar-refractivity contribution in [2.45, 2.75) is 42.7 Å². The first kappa shape index (κ1) is 23.6. The Kier molecular flexibility index (Phi) is 5.17. The number of cyclic esters (lactones) is 1. The summed E-state index contributed by atoms with van der Waals surface area (Å²) >= 11 is 0.732. The van der Waals surface area contributed by atoms with Crippen molar-refractivity contribution in [2.24, 2.45) is 0 Å². The Morgan fingerprint density at radius 2 is 2.11 bits per heavy atom. The quantitative estimate of drug-likeness (QED) is 0.474. The van der Waals surface area contributed by atoms with E-state index in [9.17, 15) is 22.0 Å². The number of likely N-dealkylation sites (N-methyl/N-ethyl adjacent to an activating group) is 1. The van der Waals surface area contributed by atoms with Crippen LogP contribution in [0.5, 0.6) is 0 Å². The fraction of sp³-hybridized carbons (Fsp3) is 0.524. The summed E-state index contributed by atoms with van der Waals surface area (Å²) in [6, 6.07) is 1.47. The molecule has 0 spiro atoms. The minimum absolute atomic E-state index is 0.0255. The molecule has 6 rings (SSSR count). The Morgan fingerprint density at radius 1 is 1.33 bits per heavy atom. The average molecular weight is 541 g/mol. The van der Waals surface area contributed by atoms with E-state index in [1.54, 1.807) is 10.5 Å². The maximum atomic E-state index is 13.4. The molecule has 1 amide bonds. The van der Waals surface area contributed by atoms with Crippen molar-refractivity contribution in [3.8, 4) is 10.7 Å². The Hall–Kier alpha value is -2.75. The van der Waals surface area contributed by atoms with Crippen molar-refractivity contribution in [1.82, 2.24) is 24.3 Å². The zero-order valence-corrected chi connectivity index (χ0v) is 21.2. The summed E-state index contributed by atoms with van der Waals surface area (Å²) < 4.78 is 62.8. The number of quaternary nitrogens is 1. The fourth-order valence-electron chi connectivity index (χ4n) is 4.71. The largest absolute Gasteiger partial charge is 0.516 e. The van der Waals surface area contributed by atoms with Crippen molar-refractivity contribution in [1.29, 1.82) is 0 Å². The SMILES string of the molecule is CC1(NS(=O)(=O)c2cc(N3CC[N+]4(C)C(=O)OCC4C3)c3ncc(-c4nnc(C(F)F)s4)n3c2)CC1. The van der Waals surface area contributed by atoms with Gasteiger partial charge in [-0.05, 0) is 25.8 Å². The number of aromatic nitrogens is 4. The Balaban J connectivity index is 1.47. The van der Waals surface area contributed by atoms with Gasteiger partial charge in [-0.15, -0.1) is 10.2 Å². The molecule has 3 aromatic rings. The van der Waals surface area contributed by atoms with E-state index in [1.807, 2.05) is 18.9 Å². The molecule has 36 heavy (non-hydrogen) atoms. The molecule has 0 radical (unpaired) electrons. The zero-order valence-electron chi connectivity index (χ0n) is 19.5. The van der Waals surface area contributed by atoms with E-state index in [-0.39, 0.29) is 33.1 Å². The lowest BCUT2D eigenvalue weighted by molar-refractivity contribution is -0.848. The van der Waals surface area contributed by atoms with Crippen LogP contribution in [-0.4, -0.2) is 83.4 Å². The summed E-state index contributed by atoms with van der Waals surface area (Å²) in [5.74, 6) is 0. The van der Waals surface area contributed by atoms with Gasteiger partial charge in [0.15, 0.2) is 28.3 Å². The number of imidazole rings is 1. The molecule has 2 unspecified atom stereocenters. The summed E-state index contributed by atoms with van der Waals surface area (Å²) in [6.07, 6.45) is 1.38. The molecule has 3 aliphatic rings. The average Bonchev–Trinajstić information content (AvgIpc) is 3.20. The third-order valence-electron chi connectivity index (χ3n) is 7.33. The first-order valence-corrected chi connectivity index (χ1v) is 13.7. The van der Waals surface area contributed by atoms with Crippen LogP contribution < -0.4 is 9.62 Å². The number of rotatable bonds is 6. The van der Waals surface area contributed by atoms with Crippen LogP contribution in [0.4, 0.5) is 19.3 Å². The molecule has 1 aliphatic carbocycles. The van der Waals surface area contributed by atoms with Gasteiger partial charge in [0, 0.05) is 11.7 Å². The van der Waals surface area contributed by atoms with Crippen LogP contribution in [0, 0.1) is 0 Å². The van der Waals surface area contributed by atoms with Gasteiger partial charge in [0.2, 0.25) is 10.0 Å². The highest BCUT2D eigenvalue weighted by atomic mass is 32.2. The van der Waals surface area contributed by atoms with E-state index in [0.29, 0.717) is 36.7 Å². The van der Waals surface area contributed by atoms with Gasteiger partial charge >= 0.3 is 6.09 Å². The van der Waals surface area contributed by atoms with Crippen LogP contribution in [0.3, 0.4) is 0 Å². The molecule has 11 nitrogen and oxygen atoms in total. The summed E-state index contributed by atoms with van der Waals surface area (Å²) in [4.78, 5) is 18.8. The maximum absolute atomic E-state index is 13.4. The van der Waals surface area contributed by atoms with Crippen molar-refractivity contribution < 1.29 is 31.2 Å². The molecule has 5 heterocycles. The lowest BCUT2D eigenvalue weighted by Gasteiger charge is -2.40. The number of amides is 1. The smallest absolute Gasteiger partial charge is 0.414 e. The molecular formula is C21H24F2N7O4S2+. The highest BCUT2D eigenvalue weighted by molar-refractivity contribution is 7.89. The van der Waals surface area contributed by atoms with Crippen molar-refractivity contribution in [2.75, 3.05) is 38.2 Å². The lowest BCUT2D eigenvalue weighted by atomic mass is 10.1. The monoisotopic (exact) mass is 540 g/mol. The van der Waals surface area contributed by atoms with E-state index >= 15 is 0 Å². The number of ether oxygens (including phenoxy) is 1. The number of pyridine rings is 1. The lowest BCUT2D eigenvalue weighted by Crippen LogP contribution is -2.63. The van der Waals surface area contributed by atoms with Crippen molar-refractivity contribution in [3.63, 3.8) is 0 Å². The number of hydrogen-bond donors (Lipinski definition) is 1. The number of fused-ring (bicyclic) bond motifs is 2. The standard InChI is InChI=1S/C21H24F2N7O4S2/c1-21(3-4-21)27-36(32,33)13-7-14(28-5-6-30(2)12(9-28)11-34-20(30)31)17-24-8-15(29(17)10-13)18-25-26-19(35-18)16(22)23/h7-8,10,12,16,27H,3-6,9,11H2,1-2H3/q+1. The van der Waals surface area contributed by atoms with Crippen LogP contribution in [0.25, 0.3) is 16.3 Å². The van der Waals surface area contributed by atoms with E-state index in [2.05, 4.69) is 19.9 Å². The minimum Gasteiger partial charge on any atom is -0.414 e. The predicted molar refractivity (Wildman–Crippen MR) is 125 cm³/mol. The van der Waals surface area contributed by atoms with Gasteiger partial charge in [0.25, 0.3) is 6.43 Å². The van der Waals surface area contributed by atoms with Crippen LogP contribution in [0.15, 0.2) is 23.4 Å². The van der Waals surface area contributed by atoms with E-state index in [4.69, 9.17) is 4.74 Å². The van der Waals surface area contributed by atoms with Crippen LogP contribution in [-0.2, 0) is 14.8 Å². The highest BCUT2D eigenvalue weighted by Crippen LogP contribution is 2.38. The molecule has 3 fully saturated rings. The third kappa shape index (κ3) is 3.76. The molecule has 0 bridgehead atoms. The number of nitrogens with one attached hydrogen (secondary N) is 1. The number of nitrogens with zero attached hydrogens (tertiary/aromatic N) is 6. The molecule has 1 N–H and O–H groups in total. The van der Waals surface area contributed by atoms with Crippen LogP contribution in [0.2, 0.25) is 0 Å². The number of piperazine rings is 1. The van der Waals surface area contributed by atoms with E-state index in [1.165, 1.54) is 12.4 Å². The summed E-state index contributed by atoms with van der Waals surface area (Å²) in [5, 5.41) is 7.23. The normalized spacial score (nSPS) is 25.4. The number of carbonyl (C=O) groups is 1. The van der Waals surface area contributed by atoms with Gasteiger partial charge in [0.1, 0.15) is 17.1 Å². The van der Waals surface area contributed by atoms with E-state index < -0.39 is 27.0 Å². The van der Waals surface area contributed by atoms with Crippen LogP contribution >= 0.6 is 11.3 Å². The van der Waals surface area contributed by atoms with Crippen molar-refractivity contribution >= 4 is 38.8 Å². The Bertz CT molecular complexity index is 1490. The van der Waals surface area contributed by atoms with Gasteiger partial charge in [-0.1, -0.05) is 11.3 Å². The molecule has 3 aromatic heterocycles. The van der Waals surface area contributed by atoms with Gasteiger partial charge in [-0.2, -0.15) is 4.79 Å². The Labute approximate surface area is 209 Å². The second kappa shape index (κ2) is 7.87. The van der Waals surface area contributed by atoms with Crippen molar-refractivity contribution in [3.05, 3.63) is 23.5 Å². The number of anilines is 1. The number of hydrogen-bond acceptors (Lipinski definition) is 9.